The Morgan fingerprint density at radius 1 is 1.27 bits per heavy atom. The first-order valence-corrected chi connectivity index (χ1v) is 16.2. The number of fused-ring (bicyclic) bond motifs is 2. The molecule has 5 atom stereocenters. The average Bonchev–Trinajstić information content (AvgIpc) is 3.18. The van der Waals surface area contributed by atoms with Gasteiger partial charge >= 0.3 is 0 Å². The summed E-state index contributed by atoms with van der Waals surface area (Å²) in [5, 5.41) is 12.8. The zero-order valence-electron chi connectivity index (χ0n) is 25.4. The van der Waals surface area contributed by atoms with Crippen molar-refractivity contribution in [1.82, 2.24) is 24.8 Å². The van der Waals surface area contributed by atoms with Crippen LogP contribution in [0.1, 0.15) is 65.3 Å². The number of rotatable bonds is 8. The number of amides is 2. The minimum Gasteiger partial charge on any atom is -0.338 e. The van der Waals surface area contributed by atoms with Gasteiger partial charge in [-0.25, -0.2) is 13.1 Å². The number of H-pyrrole nitrogens is 1. The Balaban J connectivity index is 1.55. The Bertz CT molecular complexity index is 1420. The lowest BCUT2D eigenvalue weighted by Crippen LogP contribution is -2.59. The fourth-order valence-electron chi connectivity index (χ4n) is 6.57. The molecule has 11 nitrogen and oxygen atoms in total. The van der Waals surface area contributed by atoms with E-state index in [1.807, 2.05) is 6.07 Å². The van der Waals surface area contributed by atoms with Gasteiger partial charge in [-0.1, -0.05) is 34.6 Å². The van der Waals surface area contributed by atoms with Crippen LogP contribution in [0.2, 0.25) is 0 Å². The van der Waals surface area contributed by atoms with E-state index in [1.54, 1.807) is 20.8 Å². The topological polar surface area (TPSA) is 155 Å². The molecule has 226 valence electrons. The van der Waals surface area contributed by atoms with E-state index in [0.717, 1.165) is 30.5 Å². The second kappa shape index (κ2) is 10.8. The highest BCUT2D eigenvalue weighted by atomic mass is 32.2. The van der Waals surface area contributed by atoms with E-state index < -0.39 is 45.4 Å². The summed E-state index contributed by atoms with van der Waals surface area (Å²) in [5.74, 6) is -0.941. The van der Waals surface area contributed by atoms with Crippen molar-refractivity contribution in [2.75, 3.05) is 19.3 Å². The summed E-state index contributed by atoms with van der Waals surface area (Å²) in [7, 11) is -3.70. The van der Waals surface area contributed by atoms with Crippen LogP contribution in [0.4, 0.5) is 0 Å². The number of hydrogen-bond donors (Lipinski definition) is 3. The first-order valence-electron chi connectivity index (χ1n) is 14.3. The van der Waals surface area contributed by atoms with E-state index in [1.165, 1.54) is 4.90 Å². The summed E-state index contributed by atoms with van der Waals surface area (Å²) >= 11 is 0. The monoisotopic (exact) mass is 588 g/mol. The van der Waals surface area contributed by atoms with Crippen LogP contribution in [0.15, 0.2) is 10.9 Å². The predicted octanol–water partition coefficient (Wildman–Crippen LogP) is 1.14. The van der Waals surface area contributed by atoms with Gasteiger partial charge in [-0.15, -0.1) is 0 Å². The lowest BCUT2D eigenvalue weighted by Gasteiger charge is -2.37. The molecule has 1 aromatic heterocycles. The van der Waals surface area contributed by atoms with Gasteiger partial charge in [0.15, 0.2) is 0 Å². The number of nitrogens with zero attached hydrogens (tertiary/aromatic N) is 3. The second-order valence-electron chi connectivity index (χ2n) is 13.9. The molecule has 1 aromatic rings. The molecule has 2 fully saturated rings. The molecular weight excluding hydrogens is 544 g/mol. The summed E-state index contributed by atoms with van der Waals surface area (Å²) in [6, 6.07) is 1.45. The van der Waals surface area contributed by atoms with Gasteiger partial charge in [-0.05, 0) is 48.1 Å². The van der Waals surface area contributed by atoms with Gasteiger partial charge < -0.3 is 15.2 Å². The highest BCUT2D eigenvalue weighted by molar-refractivity contribution is 7.88. The van der Waals surface area contributed by atoms with Crippen LogP contribution >= 0.6 is 0 Å². The molecule has 0 spiro atoms. The number of piperidine rings is 1. The number of aromatic amines is 1. The zero-order chi connectivity index (χ0) is 30.7. The SMILES string of the molecule is CC(C)N1CCc2[nH]c(=O)c(CC(C#N)NC(=O)[C@@H]3[C@@H]4[C@H](CN3C(=O)[C@@H](NS(C)(=O)=O)C(C)(C)C)C4(C)C)cc2C1. The Morgan fingerprint density at radius 2 is 1.93 bits per heavy atom. The lowest BCUT2D eigenvalue weighted by molar-refractivity contribution is -0.143. The van der Waals surface area contributed by atoms with E-state index in [2.05, 4.69) is 53.7 Å². The fourth-order valence-corrected chi connectivity index (χ4v) is 7.45. The van der Waals surface area contributed by atoms with Crippen LogP contribution in [0.3, 0.4) is 0 Å². The molecule has 3 heterocycles. The maximum atomic E-state index is 13.8. The van der Waals surface area contributed by atoms with Crippen molar-refractivity contribution in [1.29, 1.82) is 5.26 Å². The van der Waals surface area contributed by atoms with E-state index in [9.17, 15) is 28.1 Å². The summed E-state index contributed by atoms with van der Waals surface area (Å²) in [6.45, 7) is 15.6. The molecule has 0 aromatic carbocycles. The average molecular weight is 589 g/mol. The summed E-state index contributed by atoms with van der Waals surface area (Å²) in [5.41, 5.74) is 1.18. The second-order valence-corrected chi connectivity index (χ2v) is 15.7. The van der Waals surface area contributed by atoms with Crippen LogP contribution < -0.4 is 15.6 Å². The van der Waals surface area contributed by atoms with Gasteiger partial charge in [0.1, 0.15) is 18.1 Å². The molecule has 2 amide bonds. The standard InChI is InChI=1S/C29H44N6O5S/c1-16(2)34-10-9-21-18(14-34)11-17(25(36)32-21)12-19(13-30)31-26(37)23-22-20(29(22,6)7)15-35(23)27(38)24(28(3,4)5)33-41(8,39)40/h11,16,19-20,22-24,33H,9-10,12,14-15H2,1-8H3,(H,31,37)(H,32,36)/t19?,20-,22-,23-,24+/m0/s1. The minimum atomic E-state index is -3.70. The minimum absolute atomic E-state index is 0.0327. The van der Waals surface area contributed by atoms with E-state index in [4.69, 9.17) is 0 Å². The molecule has 1 aliphatic carbocycles. The largest absolute Gasteiger partial charge is 0.338 e. The molecule has 1 unspecified atom stereocenters. The van der Waals surface area contributed by atoms with Crippen LogP contribution in [0.5, 0.6) is 0 Å². The number of sulfonamides is 1. The summed E-state index contributed by atoms with van der Waals surface area (Å²) < 4.78 is 26.7. The number of aromatic nitrogens is 1. The number of nitrogens with one attached hydrogen (secondary N) is 3. The molecule has 3 N–H and O–H groups in total. The normalized spacial score (nSPS) is 25.2. The highest BCUT2D eigenvalue weighted by Crippen LogP contribution is 2.65. The highest BCUT2D eigenvalue weighted by Gasteiger charge is 2.69. The summed E-state index contributed by atoms with van der Waals surface area (Å²) in [4.78, 5) is 47.2. The molecule has 12 heteroatoms. The third-order valence-electron chi connectivity index (χ3n) is 9.15. The summed E-state index contributed by atoms with van der Waals surface area (Å²) in [6.07, 6.45) is 1.79. The number of pyridine rings is 1. The van der Waals surface area contributed by atoms with Gasteiger partial charge in [0.25, 0.3) is 5.56 Å². The molecule has 4 rings (SSSR count). The zero-order valence-corrected chi connectivity index (χ0v) is 26.2. The van der Waals surface area contributed by atoms with E-state index in [0.29, 0.717) is 24.7 Å². The Morgan fingerprint density at radius 3 is 2.49 bits per heavy atom. The first-order chi connectivity index (χ1) is 18.8. The number of carbonyl (C=O) groups is 2. The molecule has 0 bridgehead atoms. The Kier molecular flexibility index (Phi) is 8.23. The molecule has 1 saturated heterocycles. The Hall–Kier alpha value is -2.75. The van der Waals surface area contributed by atoms with Gasteiger partial charge in [0.2, 0.25) is 21.8 Å². The van der Waals surface area contributed by atoms with Crippen molar-refractivity contribution in [3.8, 4) is 6.07 Å². The molecule has 3 aliphatic rings. The van der Waals surface area contributed by atoms with Gasteiger partial charge in [-0.3, -0.25) is 19.3 Å². The van der Waals surface area contributed by atoms with Gasteiger partial charge in [0, 0.05) is 49.8 Å². The lowest BCUT2D eigenvalue weighted by atomic mass is 9.86. The molecule has 41 heavy (non-hydrogen) atoms. The van der Waals surface area contributed by atoms with E-state index in [-0.39, 0.29) is 29.2 Å². The molecule has 1 saturated carbocycles. The quantitative estimate of drug-likeness (QED) is 0.411. The van der Waals surface area contributed by atoms with Crippen LogP contribution in [-0.2, 0) is 39.0 Å². The predicted molar refractivity (Wildman–Crippen MR) is 155 cm³/mol. The van der Waals surface area contributed by atoms with Crippen LogP contribution in [0, 0.1) is 34.0 Å². The number of likely N-dealkylation sites (tertiary alicyclic amines) is 1. The van der Waals surface area contributed by atoms with Gasteiger partial charge in [-0.2, -0.15) is 5.26 Å². The van der Waals surface area contributed by atoms with Crippen molar-refractivity contribution in [3.05, 3.63) is 33.2 Å². The Labute approximate surface area is 243 Å². The van der Waals surface area contributed by atoms with Crippen LogP contribution in [0.25, 0.3) is 0 Å². The van der Waals surface area contributed by atoms with Crippen LogP contribution in [-0.4, -0.2) is 78.5 Å². The maximum Gasteiger partial charge on any atom is 0.251 e. The van der Waals surface area contributed by atoms with Crippen molar-refractivity contribution in [2.45, 2.75) is 92.0 Å². The van der Waals surface area contributed by atoms with Crippen molar-refractivity contribution in [3.63, 3.8) is 0 Å². The van der Waals surface area contributed by atoms with E-state index >= 15 is 0 Å². The number of hydrogen-bond acceptors (Lipinski definition) is 7. The number of carbonyl (C=O) groups excluding carboxylic acids is 2. The smallest absolute Gasteiger partial charge is 0.251 e. The third kappa shape index (κ3) is 6.37. The van der Waals surface area contributed by atoms with Crippen molar-refractivity contribution in [2.24, 2.45) is 22.7 Å². The first kappa shape index (κ1) is 31.2. The molecular formula is C29H44N6O5S. The molecule has 0 radical (unpaired) electrons. The third-order valence-corrected chi connectivity index (χ3v) is 9.81. The van der Waals surface area contributed by atoms with Gasteiger partial charge in [0.05, 0.1) is 12.3 Å². The maximum absolute atomic E-state index is 13.8. The van der Waals surface area contributed by atoms with Crippen molar-refractivity contribution >= 4 is 21.8 Å². The number of nitriles is 1. The molecule has 2 aliphatic heterocycles. The van der Waals surface area contributed by atoms with Crippen molar-refractivity contribution < 1.29 is 18.0 Å². The fraction of sp³-hybridized carbons (Fsp3) is 0.724.